The molecule has 0 saturated heterocycles. The van der Waals surface area contributed by atoms with Gasteiger partial charge in [0.1, 0.15) is 5.52 Å². The van der Waals surface area contributed by atoms with Crippen molar-refractivity contribution in [3.63, 3.8) is 0 Å². The first-order valence-corrected chi connectivity index (χ1v) is 7.13. The largest absolute Gasteiger partial charge is 0.396 e. The summed E-state index contributed by atoms with van der Waals surface area (Å²) in [6.07, 6.45) is 4.10. The van der Waals surface area contributed by atoms with Crippen molar-refractivity contribution in [2.45, 2.75) is 25.3 Å². The van der Waals surface area contributed by atoms with Gasteiger partial charge in [-0.2, -0.15) is 9.97 Å². The summed E-state index contributed by atoms with van der Waals surface area (Å²) < 4.78 is 1.97. The summed E-state index contributed by atoms with van der Waals surface area (Å²) in [5.41, 5.74) is 12.7. The van der Waals surface area contributed by atoms with Gasteiger partial charge >= 0.3 is 0 Å². The molecule has 8 heteroatoms. The number of nitrogens with zero attached hydrogens (tertiary/aromatic N) is 4. The Bertz CT molecular complexity index is 643. The molecule has 0 bridgehead atoms. The highest BCUT2D eigenvalue weighted by atomic mass is 16.3. The van der Waals surface area contributed by atoms with Gasteiger partial charge in [-0.05, 0) is 31.1 Å². The van der Waals surface area contributed by atoms with Crippen molar-refractivity contribution < 1.29 is 10.2 Å². The summed E-state index contributed by atoms with van der Waals surface area (Å²) in [4.78, 5) is 12.4. The number of rotatable bonds is 5. The molecule has 2 aromatic rings. The van der Waals surface area contributed by atoms with Crippen LogP contribution in [0, 0.1) is 11.8 Å². The molecular formula is C13H20N6O2. The Morgan fingerprint density at radius 2 is 1.95 bits per heavy atom. The molecule has 3 unspecified atom stereocenters. The molecule has 0 radical (unpaired) electrons. The summed E-state index contributed by atoms with van der Waals surface area (Å²) in [5.74, 6) is 1.13. The number of hydrogen-bond acceptors (Lipinski definition) is 7. The minimum Gasteiger partial charge on any atom is -0.396 e. The van der Waals surface area contributed by atoms with Gasteiger partial charge in [-0.3, -0.25) is 0 Å². The topological polar surface area (TPSA) is 136 Å². The average molecular weight is 292 g/mol. The van der Waals surface area contributed by atoms with E-state index in [1.54, 1.807) is 6.33 Å². The number of imidazole rings is 1. The Kier molecular flexibility index (Phi) is 3.64. The molecule has 1 aliphatic rings. The lowest BCUT2D eigenvalue weighted by Crippen LogP contribution is -2.39. The molecule has 6 N–H and O–H groups in total. The summed E-state index contributed by atoms with van der Waals surface area (Å²) in [6.45, 7) is 0.307. The summed E-state index contributed by atoms with van der Waals surface area (Å²) >= 11 is 0. The first-order chi connectivity index (χ1) is 10.2. The lowest BCUT2D eigenvalue weighted by molar-refractivity contribution is 0.0387. The summed E-state index contributed by atoms with van der Waals surface area (Å²) in [5, 5.41) is 18.4. The van der Waals surface area contributed by atoms with E-state index in [1.807, 2.05) is 4.57 Å². The van der Waals surface area contributed by atoms with Crippen LogP contribution >= 0.6 is 0 Å². The van der Waals surface area contributed by atoms with Crippen LogP contribution in [0.25, 0.3) is 11.2 Å². The maximum absolute atomic E-state index is 9.25. The maximum atomic E-state index is 9.25. The molecule has 0 amide bonds. The molecule has 1 aliphatic carbocycles. The molecule has 2 heterocycles. The second-order valence-electron chi connectivity index (χ2n) is 5.54. The van der Waals surface area contributed by atoms with Crippen LogP contribution in [0.1, 0.15) is 25.3 Å². The molecule has 0 aromatic carbocycles. The fourth-order valence-corrected chi connectivity index (χ4v) is 3.37. The molecule has 21 heavy (non-hydrogen) atoms. The van der Waals surface area contributed by atoms with E-state index < -0.39 is 0 Å². The van der Waals surface area contributed by atoms with Gasteiger partial charge in [-0.25, -0.2) is 4.98 Å². The molecule has 3 rings (SSSR count). The summed E-state index contributed by atoms with van der Waals surface area (Å²) in [7, 11) is 0. The lowest BCUT2D eigenvalue weighted by Gasteiger charge is -2.45. The second kappa shape index (κ2) is 5.45. The predicted molar refractivity (Wildman–Crippen MR) is 78.2 cm³/mol. The molecule has 3 atom stereocenters. The number of nitrogen functional groups attached to an aromatic ring is 2. The number of nitrogens with two attached hydrogens (primary N) is 2. The Labute approximate surface area is 121 Å². The van der Waals surface area contributed by atoms with E-state index in [0.717, 1.165) is 12.8 Å². The van der Waals surface area contributed by atoms with Crippen molar-refractivity contribution in [1.82, 2.24) is 19.5 Å². The Morgan fingerprint density at radius 1 is 1.19 bits per heavy atom. The molecule has 0 aliphatic heterocycles. The van der Waals surface area contributed by atoms with Crippen molar-refractivity contribution >= 4 is 22.9 Å². The van der Waals surface area contributed by atoms with Crippen LogP contribution in [0.4, 0.5) is 11.8 Å². The highest BCUT2D eigenvalue weighted by molar-refractivity contribution is 5.82. The maximum Gasteiger partial charge on any atom is 0.224 e. The van der Waals surface area contributed by atoms with Crippen LogP contribution in [-0.4, -0.2) is 42.9 Å². The molecule has 114 valence electrons. The van der Waals surface area contributed by atoms with Gasteiger partial charge in [0, 0.05) is 19.3 Å². The average Bonchev–Trinajstić information content (AvgIpc) is 2.84. The molecule has 1 fully saturated rings. The Balaban J connectivity index is 1.93. The monoisotopic (exact) mass is 292 g/mol. The van der Waals surface area contributed by atoms with Crippen molar-refractivity contribution in [1.29, 1.82) is 0 Å². The molecule has 2 aromatic heterocycles. The van der Waals surface area contributed by atoms with Crippen molar-refractivity contribution in [2.75, 3.05) is 24.7 Å². The van der Waals surface area contributed by atoms with E-state index in [-0.39, 0.29) is 31.0 Å². The SMILES string of the molecule is Nc1nc(N)c2ncn(C3CC(CCO)C3CCO)c2n1. The van der Waals surface area contributed by atoms with Crippen LogP contribution in [0.15, 0.2) is 6.33 Å². The zero-order valence-corrected chi connectivity index (χ0v) is 11.7. The quantitative estimate of drug-likeness (QED) is 0.605. The fourth-order valence-electron chi connectivity index (χ4n) is 3.37. The highest BCUT2D eigenvalue weighted by Gasteiger charge is 2.41. The van der Waals surface area contributed by atoms with Gasteiger partial charge in [0.15, 0.2) is 11.5 Å². The second-order valence-corrected chi connectivity index (χ2v) is 5.54. The van der Waals surface area contributed by atoms with Crippen molar-refractivity contribution in [3.05, 3.63) is 6.33 Å². The van der Waals surface area contributed by atoms with Crippen LogP contribution in [0.2, 0.25) is 0 Å². The first kappa shape index (κ1) is 14.0. The predicted octanol–water partition coefficient (Wildman–Crippen LogP) is -0.0673. The lowest BCUT2D eigenvalue weighted by atomic mass is 9.66. The van der Waals surface area contributed by atoms with Gasteiger partial charge in [-0.1, -0.05) is 0 Å². The minimum atomic E-state index is 0.131. The van der Waals surface area contributed by atoms with E-state index >= 15 is 0 Å². The van der Waals surface area contributed by atoms with Crippen LogP contribution in [-0.2, 0) is 0 Å². The third-order valence-electron chi connectivity index (χ3n) is 4.43. The van der Waals surface area contributed by atoms with Crippen LogP contribution in [0.5, 0.6) is 0 Å². The van der Waals surface area contributed by atoms with E-state index in [2.05, 4.69) is 15.0 Å². The van der Waals surface area contributed by atoms with Gasteiger partial charge in [-0.15, -0.1) is 0 Å². The standard InChI is InChI=1S/C13H20N6O2/c14-11-10-12(18-13(15)17-11)19(6-16-10)9-5-7(1-3-20)8(9)2-4-21/h6-9,20-21H,1-5H2,(H4,14,15,17,18). The number of aromatic nitrogens is 4. The van der Waals surface area contributed by atoms with Crippen LogP contribution in [0.3, 0.4) is 0 Å². The minimum absolute atomic E-state index is 0.131. The Hall–Kier alpha value is -1.93. The van der Waals surface area contributed by atoms with Crippen LogP contribution < -0.4 is 11.5 Å². The summed E-state index contributed by atoms with van der Waals surface area (Å²) in [6, 6.07) is 0.201. The molecular weight excluding hydrogens is 272 g/mol. The third-order valence-corrected chi connectivity index (χ3v) is 4.43. The van der Waals surface area contributed by atoms with E-state index in [1.165, 1.54) is 0 Å². The van der Waals surface area contributed by atoms with Crippen molar-refractivity contribution in [3.8, 4) is 0 Å². The van der Waals surface area contributed by atoms with Gasteiger partial charge in [0.2, 0.25) is 5.95 Å². The van der Waals surface area contributed by atoms with E-state index in [4.69, 9.17) is 16.6 Å². The number of fused-ring (bicyclic) bond motifs is 1. The first-order valence-electron chi connectivity index (χ1n) is 7.13. The third kappa shape index (κ3) is 2.30. The molecule has 0 spiro atoms. The number of aliphatic hydroxyl groups excluding tert-OH is 2. The van der Waals surface area contributed by atoms with Gasteiger partial charge in [0.25, 0.3) is 0 Å². The normalized spacial score (nSPS) is 25.1. The van der Waals surface area contributed by atoms with Crippen molar-refractivity contribution in [2.24, 2.45) is 11.8 Å². The zero-order valence-electron chi connectivity index (χ0n) is 11.7. The molecule has 8 nitrogen and oxygen atoms in total. The van der Waals surface area contributed by atoms with E-state index in [0.29, 0.717) is 29.4 Å². The molecule has 1 saturated carbocycles. The van der Waals surface area contributed by atoms with Gasteiger partial charge in [0.05, 0.1) is 6.33 Å². The van der Waals surface area contributed by atoms with Gasteiger partial charge < -0.3 is 26.2 Å². The number of aliphatic hydroxyl groups is 2. The zero-order chi connectivity index (χ0) is 15.0. The highest BCUT2D eigenvalue weighted by Crippen LogP contribution is 2.48. The Morgan fingerprint density at radius 3 is 2.67 bits per heavy atom. The fraction of sp³-hybridized carbons (Fsp3) is 0.615. The smallest absolute Gasteiger partial charge is 0.224 e. The number of anilines is 2. The number of hydrogen-bond donors (Lipinski definition) is 4. The van der Waals surface area contributed by atoms with E-state index in [9.17, 15) is 5.11 Å².